The van der Waals surface area contributed by atoms with Gasteiger partial charge in [0.1, 0.15) is 6.04 Å². The van der Waals surface area contributed by atoms with E-state index in [0.717, 1.165) is 12.0 Å². The number of nitrogens with one attached hydrogen (secondary N) is 1. The van der Waals surface area contributed by atoms with E-state index >= 15 is 0 Å². The number of nitrogens with zero attached hydrogens (tertiary/aromatic N) is 2. The summed E-state index contributed by atoms with van der Waals surface area (Å²) in [5.74, 6) is -0.345. The molecule has 1 aromatic rings. The minimum Gasteiger partial charge on any atom is -0.368 e. The van der Waals surface area contributed by atoms with Crippen molar-refractivity contribution in [3.8, 4) is 0 Å². The molecule has 1 aromatic heterocycles. The zero-order chi connectivity index (χ0) is 12.1. The Morgan fingerprint density at radius 3 is 2.75 bits per heavy atom. The normalized spacial score (nSPS) is 13.0. The first kappa shape index (κ1) is 12.7. The van der Waals surface area contributed by atoms with Crippen LogP contribution in [0.3, 0.4) is 0 Å². The molecule has 0 aliphatic carbocycles. The van der Waals surface area contributed by atoms with Gasteiger partial charge in [0.25, 0.3) is 0 Å². The predicted octanol–water partition coefficient (Wildman–Crippen LogP) is 0.297. The number of hydrogen-bond acceptors (Lipinski definition) is 3. The maximum Gasteiger partial charge on any atom is 0.236 e. The summed E-state index contributed by atoms with van der Waals surface area (Å²) >= 11 is 0. The van der Waals surface area contributed by atoms with Crippen molar-refractivity contribution in [2.45, 2.75) is 45.8 Å². The van der Waals surface area contributed by atoms with Crippen LogP contribution in [0, 0.1) is 0 Å². The summed E-state index contributed by atoms with van der Waals surface area (Å²) in [4.78, 5) is 11.2. The van der Waals surface area contributed by atoms with Crippen LogP contribution in [0.15, 0.2) is 12.4 Å². The molecule has 1 amide bonds. The first-order valence-electron chi connectivity index (χ1n) is 5.59. The monoisotopic (exact) mass is 224 g/mol. The largest absolute Gasteiger partial charge is 0.368 e. The minimum absolute atomic E-state index is 0.221. The molecule has 0 spiro atoms. The Morgan fingerprint density at radius 1 is 1.62 bits per heavy atom. The maximum atomic E-state index is 11.2. The molecule has 1 atom stereocenters. The van der Waals surface area contributed by atoms with Crippen molar-refractivity contribution in [3.05, 3.63) is 18.0 Å². The fraction of sp³-hybridized carbons (Fsp3) is 0.636. The molecular formula is C11H20N4O. The smallest absolute Gasteiger partial charge is 0.236 e. The molecule has 0 saturated heterocycles. The van der Waals surface area contributed by atoms with Crippen LogP contribution in [-0.2, 0) is 17.8 Å². The van der Waals surface area contributed by atoms with Crippen molar-refractivity contribution in [1.82, 2.24) is 15.1 Å². The number of amides is 1. The molecule has 0 aromatic carbocycles. The van der Waals surface area contributed by atoms with Gasteiger partial charge in [-0.2, -0.15) is 5.10 Å². The lowest BCUT2D eigenvalue weighted by Crippen LogP contribution is -2.47. The van der Waals surface area contributed by atoms with E-state index in [1.54, 1.807) is 4.68 Å². The van der Waals surface area contributed by atoms with E-state index < -0.39 is 0 Å². The molecule has 1 heterocycles. The number of nitrogens with two attached hydrogens (primary N) is 1. The third kappa shape index (κ3) is 3.66. The lowest BCUT2D eigenvalue weighted by molar-refractivity contribution is -0.120. The van der Waals surface area contributed by atoms with Gasteiger partial charge in [0.15, 0.2) is 0 Å². The van der Waals surface area contributed by atoms with Crippen LogP contribution in [0.5, 0.6) is 0 Å². The fourth-order valence-electron chi connectivity index (χ4n) is 1.50. The molecule has 3 N–H and O–H groups in total. The lowest BCUT2D eigenvalue weighted by atomic mass is 10.2. The van der Waals surface area contributed by atoms with Gasteiger partial charge >= 0.3 is 0 Å². The second kappa shape index (κ2) is 5.65. The number of aromatic nitrogens is 2. The van der Waals surface area contributed by atoms with Gasteiger partial charge in [0.05, 0.1) is 12.7 Å². The van der Waals surface area contributed by atoms with Crippen molar-refractivity contribution in [2.75, 3.05) is 0 Å². The van der Waals surface area contributed by atoms with E-state index in [0.29, 0.717) is 6.54 Å². The summed E-state index contributed by atoms with van der Waals surface area (Å²) in [7, 11) is 0. The number of carbonyl (C=O) groups excluding carboxylic acids is 1. The van der Waals surface area contributed by atoms with Gasteiger partial charge in [-0.15, -0.1) is 0 Å². The highest BCUT2D eigenvalue weighted by atomic mass is 16.1. The molecule has 0 radical (unpaired) electrons. The molecule has 1 rings (SSSR count). The van der Waals surface area contributed by atoms with Crippen molar-refractivity contribution in [3.63, 3.8) is 0 Å². The first-order valence-corrected chi connectivity index (χ1v) is 5.59. The van der Waals surface area contributed by atoms with E-state index in [1.165, 1.54) is 0 Å². The minimum atomic E-state index is -0.371. The molecular weight excluding hydrogens is 204 g/mol. The van der Waals surface area contributed by atoms with Crippen LogP contribution in [0.1, 0.15) is 26.3 Å². The average molecular weight is 224 g/mol. The molecule has 90 valence electrons. The Bertz CT molecular complexity index is 346. The first-order chi connectivity index (χ1) is 7.52. The maximum absolute atomic E-state index is 11.2. The Labute approximate surface area is 96.0 Å². The summed E-state index contributed by atoms with van der Waals surface area (Å²) in [6.07, 6.45) is 4.70. The molecule has 0 aliphatic heterocycles. The number of aryl methyl sites for hydroxylation is 1. The number of primary amides is 1. The molecule has 0 bridgehead atoms. The van der Waals surface area contributed by atoms with Gasteiger partial charge in [0.2, 0.25) is 5.91 Å². The van der Waals surface area contributed by atoms with Crippen molar-refractivity contribution in [2.24, 2.45) is 5.73 Å². The van der Waals surface area contributed by atoms with E-state index in [4.69, 9.17) is 5.73 Å². The SMILES string of the molecule is CCc1cnn(CC(NC(C)C)C(N)=O)c1. The molecule has 0 fully saturated rings. The zero-order valence-corrected chi connectivity index (χ0v) is 10.1. The van der Waals surface area contributed by atoms with Crippen LogP contribution in [-0.4, -0.2) is 27.8 Å². The predicted molar refractivity (Wildman–Crippen MR) is 62.9 cm³/mol. The standard InChI is InChI=1S/C11H20N4O/c1-4-9-5-13-15(6-9)7-10(11(12)16)14-8(2)3/h5-6,8,10,14H,4,7H2,1-3H3,(H2,12,16). The fourth-order valence-corrected chi connectivity index (χ4v) is 1.50. The van der Waals surface area contributed by atoms with Crippen molar-refractivity contribution >= 4 is 5.91 Å². The molecule has 16 heavy (non-hydrogen) atoms. The van der Waals surface area contributed by atoms with Gasteiger partial charge in [-0.3, -0.25) is 9.48 Å². The molecule has 0 aliphatic rings. The second-order valence-corrected chi connectivity index (χ2v) is 4.20. The van der Waals surface area contributed by atoms with Crippen LogP contribution >= 0.6 is 0 Å². The van der Waals surface area contributed by atoms with Crippen LogP contribution in [0.25, 0.3) is 0 Å². The van der Waals surface area contributed by atoms with Crippen LogP contribution in [0.2, 0.25) is 0 Å². The highest BCUT2D eigenvalue weighted by molar-refractivity contribution is 5.79. The van der Waals surface area contributed by atoms with Crippen LogP contribution < -0.4 is 11.1 Å². The number of rotatable bonds is 6. The van der Waals surface area contributed by atoms with Gasteiger partial charge < -0.3 is 11.1 Å². The highest BCUT2D eigenvalue weighted by Crippen LogP contribution is 2.00. The van der Waals surface area contributed by atoms with Crippen molar-refractivity contribution < 1.29 is 4.79 Å². The molecule has 0 saturated carbocycles. The summed E-state index contributed by atoms with van der Waals surface area (Å²) in [5.41, 5.74) is 6.49. The topological polar surface area (TPSA) is 72.9 Å². The van der Waals surface area contributed by atoms with Crippen LogP contribution in [0.4, 0.5) is 0 Å². The Hall–Kier alpha value is -1.36. The Balaban J connectivity index is 2.64. The molecule has 5 heteroatoms. The summed E-state index contributed by atoms with van der Waals surface area (Å²) in [6, 6.07) is -0.150. The van der Waals surface area contributed by atoms with E-state index in [-0.39, 0.29) is 18.0 Å². The quantitative estimate of drug-likeness (QED) is 0.730. The Morgan fingerprint density at radius 2 is 2.31 bits per heavy atom. The summed E-state index contributed by atoms with van der Waals surface area (Å²) < 4.78 is 1.75. The molecule has 1 unspecified atom stereocenters. The van der Waals surface area contributed by atoms with Gasteiger partial charge in [0, 0.05) is 12.2 Å². The van der Waals surface area contributed by atoms with Gasteiger partial charge in [-0.05, 0) is 12.0 Å². The summed E-state index contributed by atoms with van der Waals surface area (Å²) in [6.45, 7) is 6.51. The number of hydrogen-bond donors (Lipinski definition) is 2. The third-order valence-electron chi connectivity index (χ3n) is 2.34. The number of carbonyl (C=O) groups is 1. The van der Waals surface area contributed by atoms with Gasteiger partial charge in [-0.25, -0.2) is 0 Å². The van der Waals surface area contributed by atoms with E-state index in [2.05, 4.69) is 17.3 Å². The van der Waals surface area contributed by atoms with Gasteiger partial charge in [-0.1, -0.05) is 20.8 Å². The highest BCUT2D eigenvalue weighted by Gasteiger charge is 2.16. The Kier molecular flexibility index (Phi) is 4.49. The van der Waals surface area contributed by atoms with Crippen molar-refractivity contribution in [1.29, 1.82) is 0 Å². The molecule has 5 nitrogen and oxygen atoms in total. The lowest BCUT2D eigenvalue weighted by Gasteiger charge is -2.17. The average Bonchev–Trinajstić information content (AvgIpc) is 2.63. The summed E-state index contributed by atoms with van der Waals surface area (Å²) in [5, 5.41) is 7.31. The second-order valence-electron chi connectivity index (χ2n) is 4.20. The zero-order valence-electron chi connectivity index (χ0n) is 10.1. The van der Waals surface area contributed by atoms with E-state index in [9.17, 15) is 4.79 Å². The van der Waals surface area contributed by atoms with E-state index in [1.807, 2.05) is 26.2 Å². The third-order valence-corrected chi connectivity index (χ3v) is 2.34.